The maximum atomic E-state index is 13.9. The van der Waals surface area contributed by atoms with Crippen molar-refractivity contribution in [2.24, 2.45) is 5.92 Å². The molecule has 1 amide bonds. The van der Waals surface area contributed by atoms with E-state index >= 15 is 0 Å². The minimum atomic E-state index is -4.53. The van der Waals surface area contributed by atoms with Gasteiger partial charge in [0.05, 0.1) is 21.6 Å². The molecule has 63 heavy (non-hydrogen) atoms. The van der Waals surface area contributed by atoms with Gasteiger partial charge in [-0.2, -0.15) is 0 Å². The molecular formula is C48H55N7O7S. The fourth-order valence-corrected chi connectivity index (χ4v) is 11.5. The van der Waals surface area contributed by atoms with Gasteiger partial charge in [-0.1, -0.05) is 30.3 Å². The molecule has 0 spiro atoms. The molecule has 330 valence electrons. The second kappa shape index (κ2) is 17.7. The number of nitro groups is 1. The summed E-state index contributed by atoms with van der Waals surface area (Å²) in [6.45, 7) is 5.18. The zero-order chi connectivity index (χ0) is 43.1. The molecule has 3 aromatic carbocycles. The summed E-state index contributed by atoms with van der Waals surface area (Å²) in [4.78, 5) is 38.0. The van der Waals surface area contributed by atoms with Gasteiger partial charge in [0.2, 0.25) is 0 Å². The van der Waals surface area contributed by atoms with E-state index in [0.717, 1.165) is 74.5 Å². The summed E-state index contributed by atoms with van der Waals surface area (Å²) in [6.07, 6.45) is 14.3. The van der Waals surface area contributed by atoms with E-state index in [1.54, 1.807) is 29.6 Å². The van der Waals surface area contributed by atoms with E-state index in [0.29, 0.717) is 49.3 Å². The molecule has 2 aliphatic carbocycles. The SMILES string of the molecule is O=C(NS(=O)(=O)c1ccc(NCC2CCOCC2)c([N+](=O)[O-])c1)c1ccc(C2CCC(N3CC(N4CCC[C@H]4c4ccccc4C4CC4)C3)CC2)cc1Oc1cnc2[nH]ccc2c1. The summed E-state index contributed by atoms with van der Waals surface area (Å²) < 4.78 is 41.3. The molecule has 3 aliphatic heterocycles. The number of carbonyl (C=O) groups is 1. The predicted octanol–water partition coefficient (Wildman–Crippen LogP) is 8.65. The number of nitrogens with zero attached hydrogens (tertiary/aromatic N) is 4. The Hall–Kier alpha value is -5.35. The standard InChI is InChI=1S/C48H55N7O7S/c56-48(52-63(59,60)39-14-16-43(45(26-39)55(57)58)50-27-31-18-22-61-23-19-31)42-15-11-34(25-46(42)62-38-24-35-17-20-49-47(35)51-28-38)32-9-12-36(13-10-32)53-29-37(30-53)54-21-3-6-44(54)41-5-2-1-4-40(41)33-7-8-33/h1-2,4-5,11,14-17,20,24-26,28,31-33,36-37,44,50H,3,6-10,12-13,18-19,21-23,27,29-30H2,(H,49,51)(H,52,56)/t32?,36?,44-/m0/s1. The molecular weight excluding hydrogens is 819 g/mol. The van der Waals surface area contributed by atoms with E-state index in [4.69, 9.17) is 9.47 Å². The van der Waals surface area contributed by atoms with Gasteiger partial charge in [-0.3, -0.25) is 24.7 Å². The number of pyridine rings is 1. The molecule has 5 aromatic rings. The molecule has 5 aliphatic rings. The van der Waals surface area contributed by atoms with Crippen LogP contribution in [0, 0.1) is 16.0 Å². The molecule has 5 fully saturated rings. The van der Waals surface area contributed by atoms with Crippen molar-refractivity contribution >= 4 is 38.3 Å². The number of likely N-dealkylation sites (tertiary alicyclic amines) is 2. The highest BCUT2D eigenvalue weighted by atomic mass is 32.2. The van der Waals surface area contributed by atoms with Crippen LogP contribution in [-0.2, 0) is 14.8 Å². The molecule has 0 radical (unpaired) electrons. The molecule has 14 nitrogen and oxygen atoms in total. The zero-order valence-electron chi connectivity index (χ0n) is 35.4. The van der Waals surface area contributed by atoms with E-state index in [1.165, 1.54) is 44.4 Å². The maximum absolute atomic E-state index is 13.9. The Morgan fingerprint density at radius 3 is 2.44 bits per heavy atom. The summed E-state index contributed by atoms with van der Waals surface area (Å²) in [5.74, 6) is 0.963. The minimum Gasteiger partial charge on any atom is -0.455 e. The van der Waals surface area contributed by atoms with Crippen LogP contribution in [0.1, 0.15) is 109 Å². The summed E-state index contributed by atoms with van der Waals surface area (Å²) in [5, 5.41) is 16.0. The summed E-state index contributed by atoms with van der Waals surface area (Å²) in [5.41, 5.74) is 4.68. The number of hydrogen-bond acceptors (Lipinski definition) is 11. The average molecular weight is 874 g/mol. The molecule has 10 rings (SSSR count). The lowest BCUT2D eigenvalue weighted by Gasteiger charge is -2.51. The minimum absolute atomic E-state index is 0.0148. The number of amides is 1. The van der Waals surface area contributed by atoms with Crippen molar-refractivity contribution < 1.29 is 27.6 Å². The maximum Gasteiger partial charge on any atom is 0.293 e. The van der Waals surface area contributed by atoms with Crippen LogP contribution in [-0.4, -0.2) is 90.5 Å². The third-order valence-electron chi connectivity index (χ3n) is 14.2. The van der Waals surface area contributed by atoms with E-state index in [1.807, 2.05) is 24.3 Å². The molecule has 5 heterocycles. The quantitative estimate of drug-likeness (QED) is 0.0721. The lowest BCUT2D eigenvalue weighted by Crippen LogP contribution is -2.62. The predicted molar refractivity (Wildman–Crippen MR) is 240 cm³/mol. The lowest BCUT2D eigenvalue weighted by atomic mass is 9.80. The van der Waals surface area contributed by atoms with Crippen LogP contribution in [0.2, 0.25) is 0 Å². The van der Waals surface area contributed by atoms with Crippen molar-refractivity contribution in [3.05, 3.63) is 118 Å². The fourth-order valence-electron chi connectivity index (χ4n) is 10.5. The fraction of sp³-hybridized carbons (Fsp3) is 0.458. The number of sulfonamides is 1. The van der Waals surface area contributed by atoms with Crippen LogP contribution >= 0.6 is 0 Å². The molecule has 2 aromatic heterocycles. The highest BCUT2D eigenvalue weighted by Crippen LogP contribution is 2.47. The van der Waals surface area contributed by atoms with Crippen molar-refractivity contribution in [2.45, 2.75) is 99.1 Å². The van der Waals surface area contributed by atoms with Gasteiger partial charge >= 0.3 is 0 Å². The van der Waals surface area contributed by atoms with Gasteiger partial charge in [0.25, 0.3) is 21.6 Å². The third kappa shape index (κ3) is 8.93. The van der Waals surface area contributed by atoms with E-state index in [9.17, 15) is 23.3 Å². The Bertz CT molecular complexity index is 2590. The van der Waals surface area contributed by atoms with Gasteiger partial charge in [-0.05, 0) is 142 Å². The molecule has 0 unspecified atom stereocenters. The number of ether oxygens (including phenoxy) is 2. The number of H-pyrrole nitrogens is 1. The zero-order valence-corrected chi connectivity index (χ0v) is 36.2. The van der Waals surface area contributed by atoms with E-state index < -0.39 is 31.4 Å². The van der Waals surface area contributed by atoms with E-state index in [-0.39, 0.29) is 28.8 Å². The number of nitrogens with one attached hydrogen (secondary N) is 3. The van der Waals surface area contributed by atoms with Crippen LogP contribution in [0.25, 0.3) is 11.0 Å². The first-order valence-corrected chi connectivity index (χ1v) is 24.2. The average Bonchev–Trinajstić information content (AvgIpc) is 3.83. The first-order valence-electron chi connectivity index (χ1n) is 22.7. The number of aromatic nitrogens is 2. The van der Waals surface area contributed by atoms with Gasteiger partial charge in [-0.15, -0.1) is 0 Å². The molecule has 3 N–H and O–H groups in total. The van der Waals surface area contributed by atoms with Gasteiger partial charge in [-0.25, -0.2) is 18.1 Å². The molecule has 1 atom stereocenters. The second-order valence-corrected chi connectivity index (χ2v) is 19.8. The van der Waals surface area contributed by atoms with Crippen LogP contribution in [0.3, 0.4) is 0 Å². The first-order chi connectivity index (χ1) is 30.7. The number of aromatic amines is 1. The van der Waals surface area contributed by atoms with Crippen LogP contribution in [0.4, 0.5) is 11.4 Å². The Morgan fingerprint density at radius 2 is 1.67 bits per heavy atom. The van der Waals surface area contributed by atoms with Gasteiger partial charge < -0.3 is 19.8 Å². The summed E-state index contributed by atoms with van der Waals surface area (Å²) >= 11 is 0. The Morgan fingerprint density at radius 1 is 0.889 bits per heavy atom. The number of hydrogen-bond donors (Lipinski definition) is 3. The topological polar surface area (TPSA) is 172 Å². The van der Waals surface area contributed by atoms with Crippen molar-refractivity contribution in [2.75, 3.05) is 44.7 Å². The van der Waals surface area contributed by atoms with Crippen LogP contribution < -0.4 is 14.8 Å². The third-order valence-corrected chi connectivity index (χ3v) is 15.5. The number of anilines is 1. The smallest absolute Gasteiger partial charge is 0.293 e. The van der Waals surface area contributed by atoms with Gasteiger partial charge in [0.1, 0.15) is 22.8 Å². The van der Waals surface area contributed by atoms with E-state index in [2.05, 4.69) is 54.1 Å². The van der Waals surface area contributed by atoms with Crippen molar-refractivity contribution in [1.29, 1.82) is 0 Å². The molecule has 2 saturated carbocycles. The van der Waals surface area contributed by atoms with Crippen LogP contribution in [0.15, 0.2) is 90.1 Å². The number of carbonyl (C=O) groups excluding carboxylic acids is 1. The Balaban J connectivity index is 0.819. The van der Waals surface area contributed by atoms with Crippen molar-refractivity contribution in [1.82, 2.24) is 24.5 Å². The molecule has 0 bridgehead atoms. The number of fused-ring (bicyclic) bond motifs is 1. The number of nitro benzene ring substituents is 1. The van der Waals surface area contributed by atoms with Gasteiger partial charge in [0.15, 0.2) is 0 Å². The highest BCUT2D eigenvalue weighted by Gasteiger charge is 2.43. The Kier molecular flexibility index (Phi) is 11.7. The molecule has 15 heteroatoms. The number of rotatable bonds is 14. The first kappa shape index (κ1) is 41.6. The largest absolute Gasteiger partial charge is 0.455 e. The van der Waals surface area contributed by atoms with Gasteiger partial charge in [0, 0.05) is 68.6 Å². The lowest BCUT2D eigenvalue weighted by molar-refractivity contribution is -0.384. The summed E-state index contributed by atoms with van der Waals surface area (Å²) in [6, 6.07) is 23.5. The summed E-state index contributed by atoms with van der Waals surface area (Å²) in [7, 11) is -4.53. The monoisotopic (exact) mass is 873 g/mol. The normalized spacial score (nSPS) is 22.8. The Labute approximate surface area is 367 Å². The van der Waals surface area contributed by atoms with Crippen molar-refractivity contribution in [3.8, 4) is 11.5 Å². The molecule has 3 saturated heterocycles. The van der Waals surface area contributed by atoms with Crippen LogP contribution in [0.5, 0.6) is 11.5 Å². The second-order valence-electron chi connectivity index (χ2n) is 18.2. The highest BCUT2D eigenvalue weighted by molar-refractivity contribution is 7.90. The number of benzene rings is 3. The van der Waals surface area contributed by atoms with Crippen molar-refractivity contribution in [3.63, 3.8) is 0 Å².